The van der Waals surface area contributed by atoms with Crippen molar-refractivity contribution >= 4 is 5.91 Å². The van der Waals surface area contributed by atoms with Gasteiger partial charge in [0.25, 0.3) is 5.91 Å². The number of nitrogens with zero attached hydrogens (tertiary/aromatic N) is 2. The Labute approximate surface area is 106 Å². The standard InChI is InChI=1S/C13H16N4O/c1-2-10-5-3-4-6-11(10)13(18)14-8-7-12-15-9-16-17-12/h3-6,9H,2,7-8H2,1H3,(H,14,18)(H,15,16,17). The largest absolute Gasteiger partial charge is 0.352 e. The average molecular weight is 244 g/mol. The van der Waals surface area contributed by atoms with Crippen LogP contribution in [0.3, 0.4) is 0 Å². The van der Waals surface area contributed by atoms with Crippen LogP contribution in [0.1, 0.15) is 28.7 Å². The number of rotatable bonds is 5. The van der Waals surface area contributed by atoms with Crippen molar-refractivity contribution in [2.75, 3.05) is 6.54 Å². The third-order valence-corrected chi connectivity index (χ3v) is 2.76. The molecule has 5 nitrogen and oxygen atoms in total. The van der Waals surface area contributed by atoms with Gasteiger partial charge in [0.05, 0.1) is 0 Å². The van der Waals surface area contributed by atoms with Gasteiger partial charge in [-0.3, -0.25) is 9.89 Å². The van der Waals surface area contributed by atoms with Gasteiger partial charge in [-0.1, -0.05) is 25.1 Å². The number of carbonyl (C=O) groups is 1. The molecule has 5 heteroatoms. The lowest BCUT2D eigenvalue weighted by Gasteiger charge is -2.07. The van der Waals surface area contributed by atoms with Crippen molar-refractivity contribution in [2.24, 2.45) is 0 Å². The van der Waals surface area contributed by atoms with E-state index >= 15 is 0 Å². The molecular weight excluding hydrogens is 228 g/mol. The molecule has 18 heavy (non-hydrogen) atoms. The summed E-state index contributed by atoms with van der Waals surface area (Å²) in [6.07, 6.45) is 2.97. The van der Waals surface area contributed by atoms with Gasteiger partial charge >= 0.3 is 0 Å². The number of benzene rings is 1. The normalized spacial score (nSPS) is 10.3. The molecule has 0 bridgehead atoms. The van der Waals surface area contributed by atoms with Crippen LogP contribution < -0.4 is 5.32 Å². The molecule has 0 aliphatic rings. The molecule has 0 atom stereocenters. The Balaban J connectivity index is 1.91. The highest BCUT2D eigenvalue weighted by Gasteiger charge is 2.08. The molecule has 0 aliphatic heterocycles. The van der Waals surface area contributed by atoms with E-state index in [9.17, 15) is 4.79 Å². The van der Waals surface area contributed by atoms with Crippen molar-refractivity contribution in [3.63, 3.8) is 0 Å². The van der Waals surface area contributed by atoms with Gasteiger partial charge < -0.3 is 5.32 Å². The Hall–Kier alpha value is -2.17. The topological polar surface area (TPSA) is 70.7 Å². The summed E-state index contributed by atoms with van der Waals surface area (Å²) in [7, 11) is 0. The second-order valence-corrected chi connectivity index (χ2v) is 3.95. The summed E-state index contributed by atoms with van der Waals surface area (Å²) in [6, 6.07) is 7.66. The van der Waals surface area contributed by atoms with Crippen LogP contribution in [0.4, 0.5) is 0 Å². The summed E-state index contributed by atoms with van der Waals surface area (Å²) in [6.45, 7) is 2.59. The number of aryl methyl sites for hydroxylation is 1. The fourth-order valence-electron chi connectivity index (χ4n) is 1.79. The summed E-state index contributed by atoms with van der Waals surface area (Å²) in [5.41, 5.74) is 1.81. The van der Waals surface area contributed by atoms with Crippen molar-refractivity contribution in [2.45, 2.75) is 19.8 Å². The minimum absolute atomic E-state index is 0.0352. The number of amides is 1. The number of hydrogen-bond acceptors (Lipinski definition) is 3. The molecule has 0 unspecified atom stereocenters. The minimum Gasteiger partial charge on any atom is -0.352 e. The summed E-state index contributed by atoms with van der Waals surface area (Å²) in [4.78, 5) is 16.0. The third kappa shape index (κ3) is 2.94. The summed E-state index contributed by atoms with van der Waals surface area (Å²) >= 11 is 0. The first kappa shape index (κ1) is 12.3. The molecule has 1 aromatic carbocycles. The van der Waals surface area contributed by atoms with Crippen LogP contribution in [-0.2, 0) is 12.8 Å². The molecule has 0 fully saturated rings. The van der Waals surface area contributed by atoms with Crippen LogP contribution in [0.5, 0.6) is 0 Å². The number of H-pyrrole nitrogens is 1. The van der Waals surface area contributed by atoms with Gasteiger partial charge in [0.2, 0.25) is 0 Å². The predicted molar refractivity (Wildman–Crippen MR) is 68.2 cm³/mol. The first-order valence-electron chi connectivity index (χ1n) is 6.01. The maximum absolute atomic E-state index is 12.0. The molecule has 2 rings (SSSR count). The van der Waals surface area contributed by atoms with E-state index in [1.54, 1.807) is 0 Å². The van der Waals surface area contributed by atoms with Gasteiger partial charge in [0.15, 0.2) is 0 Å². The van der Waals surface area contributed by atoms with Crippen molar-refractivity contribution in [3.05, 3.63) is 47.5 Å². The van der Waals surface area contributed by atoms with Gasteiger partial charge in [-0.25, -0.2) is 4.98 Å². The lowest BCUT2D eigenvalue weighted by Crippen LogP contribution is -2.26. The fraction of sp³-hybridized carbons (Fsp3) is 0.308. The summed E-state index contributed by atoms with van der Waals surface area (Å²) in [5.74, 6) is 0.742. The Morgan fingerprint density at radius 1 is 1.39 bits per heavy atom. The zero-order valence-corrected chi connectivity index (χ0v) is 10.3. The first-order valence-corrected chi connectivity index (χ1v) is 6.01. The van der Waals surface area contributed by atoms with Crippen LogP contribution in [-0.4, -0.2) is 27.6 Å². The van der Waals surface area contributed by atoms with Crippen LogP contribution in [0, 0.1) is 0 Å². The Morgan fingerprint density at radius 3 is 2.94 bits per heavy atom. The SMILES string of the molecule is CCc1ccccc1C(=O)NCCc1ncn[nH]1. The fourth-order valence-corrected chi connectivity index (χ4v) is 1.79. The van der Waals surface area contributed by atoms with E-state index in [0.29, 0.717) is 13.0 Å². The highest BCUT2D eigenvalue weighted by Crippen LogP contribution is 2.08. The molecule has 0 radical (unpaired) electrons. The molecule has 1 heterocycles. The van der Waals surface area contributed by atoms with Gasteiger partial charge in [0, 0.05) is 18.5 Å². The van der Waals surface area contributed by atoms with E-state index in [1.807, 2.05) is 31.2 Å². The van der Waals surface area contributed by atoms with Crippen LogP contribution >= 0.6 is 0 Å². The van der Waals surface area contributed by atoms with Gasteiger partial charge in [-0.15, -0.1) is 0 Å². The molecule has 2 N–H and O–H groups in total. The molecule has 0 saturated carbocycles. The van der Waals surface area contributed by atoms with Crippen molar-refractivity contribution in [1.82, 2.24) is 20.5 Å². The minimum atomic E-state index is -0.0352. The molecule has 1 aromatic heterocycles. The third-order valence-electron chi connectivity index (χ3n) is 2.76. The van der Waals surface area contributed by atoms with Crippen LogP contribution in [0.2, 0.25) is 0 Å². The van der Waals surface area contributed by atoms with Crippen molar-refractivity contribution < 1.29 is 4.79 Å². The Kier molecular flexibility index (Phi) is 4.06. The molecule has 1 amide bonds. The second-order valence-electron chi connectivity index (χ2n) is 3.95. The lowest BCUT2D eigenvalue weighted by atomic mass is 10.0. The highest BCUT2D eigenvalue weighted by molar-refractivity contribution is 5.95. The molecule has 2 aromatic rings. The monoisotopic (exact) mass is 244 g/mol. The maximum atomic E-state index is 12.0. The highest BCUT2D eigenvalue weighted by atomic mass is 16.1. The van der Waals surface area contributed by atoms with Gasteiger partial charge in [-0.2, -0.15) is 5.10 Å². The maximum Gasteiger partial charge on any atom is 0.251 e. The average Bonchev–Trinajstić information content (AvgIpc) is 2.91. The lowest BCUT2D eigenvalue weighted by molar-refractivity contribution is 0.0953. The number of aromatic amines is 1. The predicted octanol–water partition coefficient (Wildman–Crippen LogP) is 1.34. The second kappa shape index (κ2) is 5.95. The number of carbonyl (C=O) groups excluding carboxylic acids is 1. The van der Waals surface area contributed by atoms with Gasteiger partial charge in [0.1, 0.15) is 12.2 Å². The van der Waals surface area contributed by atoms with E-state index in [-0.39, 0.29) is 5.91 Å². The first-order chi connectivity index (χ1) is 8.81. The number of hydrogen-bond donors (Lipinski definition) is 2. The summed E-state index contributed by atoms with van der Waals surface area (Å²) < 4.78 is 0. The van der Waals surface area contributed by atoms with Gasteiger partial charge in [-0.05, 0) is 18.1 Å². The Morgan fingerprint density at radius 2 is 2.22 bits per heavy atom. The van der Waals surface area contributed by atoms with E-state index in [2.05, 4.69) is 20.5 Å². The smallest absolute Gasteiger partial charge is 0.251 e. The van der Waals surface area contributed by atoms with E-state index in [0.717, 1.165) is 23.4 Å². The molecule has 0 saturated heterocycles. The van der Waals surface area contributed by atoms with Crippen molar-refractivity contribution in [3.8, 4) is 0 Å². The van der Waals surface area contributed by atoms with Crippen LogP contribution in [0.25, 0.3) is 0 Å². The number of aromatic nitrogens is 3. The van der Waals surface area contributed by atoms with E-state index in [1.165, 1.54) is 6.33 Å². The Bertz CT molecular complexity index is 507. The quantitative estimate of drug-likeness (QED) is 0.833. The van der Waals surface area contributed by atoms with Crippen LogP contribution in [0.15, 0.2) is 30.6 Å². The zero-order chi connectivity index (χ0) is 12.8. The van der Waals surface area contributed by atoms with E-state index < -0.39 is 0 Å². The number of nitrogens with one attached hydrogen (secondary N) is 2. The molecule has 0 aliphatic carbocycles. The van der Waals surface area contributed by atoms with Crippen molar-refractivity contribution in [1.29, 1.82) is 0 Å². The molecule has 94 valence electrons. The molecular formula is C13H16N4O. The molecule has 0 spiro atoms. The summed E-state index contributed by atoms with van der Waals surface area (Å²) in [5, 5.41) is 9.40. The van der Waals surface area contributed by atoms with E-state index in [4.69, 9.17) is 0 Å². The zero-order valence-electron chi connectivity index (χ0n) is 10.3.